The minimum absolute atomic E-state index is 0.403. The minimum Gasteiger partial charge on any atom is -0.353 e. The number of rotatable bonds is 3. The van der Waals surface area contributed by atoms with Crippen molar-refractivity contribution in [2.45, 2.75) is 13.5 Å². The Kier molecular flexibility index (Phi) is 2.88. The Bertz CT molecular complexity index is 620. The van der Waals surface area contributed by atoms with E-state index >= 15 is 0 Å². The lowest BCUT2D eigenvalue weighted by molar-refractivity contribution is 0.352. The summed E-state index contributed by atoms with van der Waals surface area (Å²) in [6, 6.07) is 2.08. The van der Waals surface area contributed by atoms with E-state index in [1.807, 2.05) is 19.3 Å². The molecule has 0 aromatic carbocycles. The molecular formula is C13H14N6. The number of hydrogen-bond donors (Lipinski definition) is 0. The molecule has 6 heteroatoms. The predicted octanol–water partition coefficient (Wildman–Crippen LogP) is 0.990. The van der Waals surface area contributed by atoms with Crippen LogP contribution in [0.25, 0.3) is 0 Å². The number of nitriles is 1. The SMILES string of the molecule is Cc1nccn1CC1CN(c2nccnc2C#N)C1. The molecule has 1 saturated heterocycles. The lowest BCUT2D eigenvalue weighted by atomic mass is 10.00. The number of imidazole rings is 1. The van der Waals surface area contributed by atoms with Crippen LogP contribution in [-0.4, -0.2) is 32.6 Å². The topological polar surface area (TPSA) is 70.6 Å². The molecule has 0 bridgehead atoms. The van der Waals surface area contributed by atoms with Crippen LogP contribution in [0.2, 0.25) is 0 Å². The Morgan fingerprint density at radius 2 is 2.05 bits per heavy atom. The van der Waals surface area contributed by atoms with Gasteiger partial charge in [0, 0.05) is 50.3 Å². The molecule has 0 spiro atoms. The lowest BCUT2D eigenvalue weighted by Crippen LogP contribution is -2.49. The van der Waals surface area contributed by atoms with Crippen molar-refractivity contribution in [3.05, 3.63) is 36.3 Å². The van der Waals surface area contributed by atoms with Gasteiger partial charge in [-0.2, -0.15) is 5.26 Å². The molecule has 2 aromatic rings. The van der Waals surface area contributed by atoms with E-state index < -0.39 is 0 Å². The van der Waals surface area contributed by atoms with E-state index in [1.165, 1.54) is 0 Å². The maximum atomic E-state index is 9.01. The van der Waals surface area contributed by atoms with Crippen molar-refractivity contribution in [1.29, 1.82) is 5.26 Å². The van der Waals surface area contributed by atoms with Gasteiger partial charge in [-0.25, -0.2) is 15.0 Å². The van der Waals surface area contributed by atoms with E-state index in [4.69, 9.17) is 5.26 Å². The summed E-state index contributed by atoms with van der Waals surface area (Å²) in [5.41, 5.74) is 0.403. The maximum Gasteiger partial charge on any atom is 0.183 e. The Morgan fingerprint density at radius 1 is 1.26 bits per heavy atom. The highest BCUT2D eigenvalue weighted by atomic mass is 15.3. The van der Waals surface area contributed by atoms with Gasteiger partial charge in [-0.15, -0.1) is 0 Å². The highest BCUT2D eigenvalue weighted by Crippen LogP contribution is 2.25. The zero-order valence-electron chi connectivity index (χ0n) is 10.7. The monoisotopic (exact) mass is 254 g/mol. The third-order valence-electron chi connectivity index (χ3n) is 3.42. The standard InChI is InChI=1S/C13H14N6/c1-10-15-4-5-18(10)7-11-8-19(9-11)13-12(6-14)16-2-3-17-13/h2-5,11H,7-9H2,1H3. The van der Waals surface area contributed by atoms with Crippen LogP contribution in [0.5, 0.6) is 0 Å². The van der Waals surface area contributed by atoms with Crippen molar-refractivity contribution in [1.82, 2.24) is 19.5 Å². The molecule has 0 amide bonds. The van der Waals surface area contributed by atoms with Gasteiger partial charge in [-0.1, -0.05) is 0 Å². The highest BCUT2D eigenvalue weighted by molar-refractivity contribution is 5.51. The second-order valence-electron chi connectivity index (χ2n) is 4.74. The number of anilines is 1. The molecular weight excluding hydrogens is 240 g/mol. The first kappa shape index (κ1) is 11.7. The van der Waals surface area contributed by atoms with Gasteiger partial charge in [0.2, 0.25) is 0 Å². The summed E-state index contributed by atoms with van der Waals surface area (Å²) in [4.78, 5) is 14.6. The predicted molar refractivity (Wildman–Crippen MR) is 69.4 cm³/mol. The molecule has 0 radical (unpaired) electrons. The van der Waals surface area contributed by atoms with Crippen LogP contribution in [0, 0.1) is 24.2 Å². The third kappa shape index (κ3) is 2.15. The second-order valence-corrected chi connectivity index (χ2v) is 4.74. The molecule has 3 heterocycles. The number of nitrogens with zero attached hydrogens (tertiary/aromatic N) is 6. The van der Waals surface area contributed by atoms with Crippen LogP contribution < -0.4 is 4.90 Å². The number of hydrogen-bond acceptors (Lipinski definition) is 5. The maximum absolute atomic E-state index is 9.01. The Hall–Kier alpha value is -2.42. The van der Waals surface area contributed by atoms with Gasteiger partial charge in [0.25, 0.3) is 0 Å². The van der Waals surface area contributed by atoms with Gasteiger partial charge in [0.05, 0.1) is 0 Å². The van der Waals surface area contributed by atoms with E-state index in [0.29, 0.717) is 17.4 Å². The van der Waals surface area contributed by atoms with Gasteiger partial charge in [0.15, 0.2) is 11.5 Å². The average molecular weight is 254 g/mol. The van der Waals surface area contributed by atoms with Crippen molar-refractivity contribution in [3.63, 3.8) is 0 Å². The summed E-state index contributed by atoms with van der Waals surface area (Å²) < 4.78 is 2.16. The molecule has 96 valence electrons. The van der Waals surface area contributed by atoms with Gasteiger partial charge in [0.1, 0.15) is 11.9 Å². The molecule has 3 rings (SSSR count). The van der Waals surface area contributed by atoms with E-state index in [2.05, 4.69) is 30.5 Å². The first-order valence-electron chi connectivity index (χ1n) is 6.21. The largest absolute Gasteiger partial charge is 0.353 e. The van der Waals surface area contributed by atoms with Gasteiger partial charge >= 0.3 is 0 Å². The van der Waals surface area contributed by atoms with Crippen LogP contribution >= 0.6 is 0 Å². The molecule has 1 fully saturated rings. The van der Waals surface area contributed by atoms with Gasteiger partial charge < -0.3 is 9.47 Å². The average Bonchev–Trinajstić information content (AvgIpc) is 2.79. The summed E-state index contributed by atoms with van der Waals surface area (Å²) in [6.45, 7) is 4.79. The molecule has 6 nitrogen and oxygen atoms in total. The fourth-order valence-corrected chi connectivity index (χ4v) is 2.37. The van der Waals surface area contributed by atoms with Crippen molar-refractivity contribution in [3.8, 4) is 6.07 Å². The molecule has 0 aliphatic carbocycles. The molecule has 0 unspecified atom stereocenters. The van der Waals surface area contributed by atoms with E-state index in [9.17, 15) is 0 Å². The first-order chi connectivity index (χ1) is 9.28. The van der Waals surface area contributed by atoms with Crippen LogP contribution in [0.4, 0.5) is 5.82 Å². The molecule has 2 aromatic heterocycles. The van der Waals surface area contributed by atoms with Crippen LogP contribution in [0.15, 0.2) is 24.8 Å². The zero-order valence-corrected chi connectivity index (χ0v) is 10.7. The Balaban J connectivity index is 1.64. The first-order valence-corrected chi connectivity index (χ1v) is 6.21. The van der Waals surface area contributed by atoms with Crippen molar-refractivity contribution >= 4 is 5.82 Å². The smallest absolute Gasteiger partial charge is 0.183 e. The van der Waals surface area contributed by atoms with Crippen molar-refractivity contribution < 1.29 is 0 Å². The zero-order chi connectivity index (χ0) is 13.2. The quantitative estimate of drug-likeness (QED) is 0.816. The fraction of sp³-hybridized carbons (Fsp3) is 0.385. The van der Waals surface area contributed by atoms with Crippen molar-refractivity contribution in [2.24, 2.45) is 5.92 Å². The van der Waals surface area contributed by atoms with Crippen LogP contribution in [0.3, 0.4) is 0 Å². The summed E-state index contributed by atoms with van der Waals surface area (Å²) in [5, 5.41) is 9.01. The highest BCUT2D eigenvalue weighted by Gasteiger charge is 2.30. The summed E-state index contributed by atoms with van der Waals surface area (Å²) in [6.07, 6.45) is 7.00. The van der Waals surface area contributed by atoms with Crippen LogP contribution in [0.1, 0.15) is 11.5 Å². The summed E-state index contributed by atoms with van der Waals surface area (Å²) in [7, 11) is 0. The van der Waals surface area contributed by atoms with Crippen molar-refractivity contribution in [2.75, 3.05) is 18.0 Å². The lowest BCUT2D eigenvalue weighted by Gasteiger charge is -2.40. The molecule has 0 atom stereocenters. The molecule has 19 heavy (non-hydrogen) atoms. The van der Waals surface area contributed by atoms with E-state index in [-0.39, 0.29) is 0 Å². The van der Waals surface area contributed by atoms with E-state index in [1.54, 1.807) is 12.4 Å². The number of aryl methyl sites for hydroxylation is 1. The Labute approximate surface area is 111 Å². The summed E-state index contributed by atoms with van der Waals surface area (Å²) >= 11 is 0. The van der Waals surface area contributed by atoms with Gasteiger partial charge in [-0.05, 0) is 6.92 Å². The summed E-state index contributed by atoms with van der Waals surface area (Å²) in [5.74, 6) is 2.31. The molecule has 0 N–H and O–H groups in total. The number of aromatic nitrogens is 4. The molecule has 1 aliphatic heterocycles. The third-order valence-corrected chi connectivity index (χ3v) is 3.42. The normalized spacial score (nSPS) is 15.1. The van der Waals surface area contributed by atoms with Gasteiger partial charge in [-0.3, -0.25) is 0 Å². The molecule has 1 aliphatic rings. The Morgan fingerprint density at radius 3 is 2.74 bits per heavy atom. The minimum atomic E-state index is 0.403. The fourth-order valence-electron chi connectivity index (χ4n) is 2.37. The van der Waals surface area contributed by atoms with E-state index in [0.717, 1.165) is 25.5 Å². The molecule has 0 saturated carbocycles. The van der Waals surface area contributed by atoms with Crippen LogP contribution in [-0.2, 0) is 6.54 Å². The second kappa shape index (κ2) is 4.69.